The molecule has 0 heterocycles. The Balaban J connectivity index is 2.22. The first kappa shape index (κ1) is 15.0. The van der Waals surface area contributed by atoms with E-state index in [9.17, 15) is 0 Å². The highest BCUT2D eigenvalue weighted by atomic mass is 16.5. The number of hydrogen-bond acceptors (Lipinski definition) is 3. The number of likely N-dealkylation sites (N-methyl/N-ethyl adjacent to an activating group) is 1. The Morgan fingerprint density at radius 2 is 1.89 bits per heavy atom. The van der Waals surface area contributed by atoms with Crippen LogP contribution in [0, 0.1) is 0 Å². The molecule has 0 spiro atoms. The highest BCUT2D eigenvalue weighted by Gasteiger charge is 1.99. The highest BCUT2D eigenvalue weighted by Crippen LogP contribution is 2.12. The van der Waals surface area contributed by atoms with E-state index >= 15 is 0 Å². The molecule has 0 saturated heterocycles. The van der Waals surface area contributed by atoms with Crippen LogP contribution >= 0.6 is 0 Å². The van der Waals surface area contributed by atoms with Crippen LogP contribution in [0.1, 0.15) is 25.3 Å². The van der Waals surface area contributed by atoms with Crippen molar-refractivity contribution in [3.8, 4) is 5.75 Å². The first-order valence-electron chi connectivity index (χ1n) is 6.86. The van der Waals surface area contributed by atoms with Crippen molar-refractivity contribution in [3.05, 3.63) is 29.8 Å². The molecule has 1 aromatic carbocycles. The van der Waals surface area contributed by atoms with E-state index in [1.165, 1.54) is 18.4 Å². The molecular formula is C15H26N2O. The molecular weight excluding hydrogens is 224 g/mol. The Morgan fingerprint density at radius 1 is 1.17 bits per heavy atom. The van der Waals surface area contributed by atoms with Crippen LogP contribution in [0.4, 0.5) is 0 Å². The molecule has 102 valence electrons. The van der Waals surface area contributed by atoms with Crippen molar-refractivity contribution in [2.75, 3.05) is 33.3 Å². The molecule has 1 rings (SSSR count). The molecule has 2 N–H and O–H groups in total. The lowest BCUT2D eigenvalue weighted by Crippen LogP contribution is -2.25. The quantitative estimate of drug-likeness (QED) is 0.731. The van der Waals surface area contributed by atoms with Crippen molar-refractivity contribution in [1.82, 2.24) is 4.90 Å². The van der Waals surface area contributed by atoms with Gasteiger partial charge in [-0.25, -0.2) is 0 Å². The van der Waals surface area contributed by atoms with E-state index in [1.54, 1.807) is 0 Å². The maximum atomic E-state index is 5.72. The predicted molar refractivity (Wildman–Crippen MR) is 77.1 cm³/mol. The SMILES string of the molecule is CCCCN(C)CCOc1ccc(CCN)cc1. The third-order valence-corrected chi connectivity index (χ3v) is 2.99. The Hall–Kier alpha value is -1.06. The summed E-state index contributed by atoms with van der Waals surface area (Å²) in [4.78, 5) is 2.31. The first-order chi connectivity index (χ1) is 8.76. The van der Waals surface area contributed by atoms with Gasteiger partial charge >= 0.3 is 0 Å². The van der Waals surface area contributed by atoms with Crippen LogP contribution in [-0.2, 0) is 6.42 Å². The average molecular weight is 250 g/mol. The van der Waals surface area contributed by atoms with Gasteiger partial charge in [0.2, 0.25) is 0 Å². The standard InChI is InChI=1S/C15H26N2O/c1-3-4-11-17(2)12-13-18-15-7-5-14(6-8-15)9-10-16/h5-8H,3-4,9-13,16H2,1-2H3. The van der Waals surface area contributed by atoms with E-state index < -0.39 is 0 Å². The fourth-order valence-corrected chi connectivity index (χ4v) is 1.78. The summed E-state index contributed by atoms with van der Waals surface area (Å²) in [5.41, 5.74) is 6.78. The van der Waals surface area contributed by atoms with Crippen LogP contribution in [0.2, 0.25) is 0 Å². The molecule has 18 heavy (non-hydrogen) atoms. The van der Waals surface area contributed by atoms with Gasteiger partial charge in [0.15, 0.2) is 0 Å². The molecule has 0 unspecified atom stereocenters. The van der Waals surface area contributed by atoms with Gasteiger partial charge < -0.3 is 15.4 Å². The van der Waals surface area contributed by atoms with Crippen molar-refractivity contribution in [1.29, 1.82) is 0 Å². The summed E-state index contributed by atoms with van der Waals surface area (Å²) in [6.07, 6.45) is 3.43. The number of rotatable bonds is 9. The lowest BCUT2D eigenvalue weighted by Gasteiger charge is -2.16. The van der Waals surface area contributed by atoms with Crippen LogP contribution in [0.15, 0.2) is 24.3 Å². The van der Waals surface area contributed by atoms with E-state index in [0.29, 0.717) is 6.54 Å². The van der Waals surface area contributed by atoms with Crippen molar-refractivity contribution < 1.29 is 4.74 Å². The Kier molecular flexibility index (Phi) is 7.46. The minimum absolute atomic E-state index is 0.697. The number of benzene rings is 1. The monoisotopic (exact) mass is 250 g/mol. The molecule has 0 radical (unpaired) electrons. The summed E-state index contributed by atoms with van der Waals surface area (Å²) in [5.74, 6) is 0.944. The van der Waals surface area contributed by atoms with Crippen LogP contribution in [0.5, 0.6) is 5.75 Å². The fourth-order valence-electron chi connectivity index (χ4n) is 1.78. The van der Waals surface area contributed by atoms with Crippen molar-refractivity contribution >= 4 is 0 Å². The zero-order chi connectivity index (χ0) is 13.2. The molecule has 0 fully saturated rings. The van der Waals surface area contributed by atoms with E-state index in [0.717, 1.165) is 31.9 Å². The molecule has 0 saturated carbocycles. The Morgan fingerprint density at radius 3 is 2.50 bits per heavy atom. The van der Waals surface area contributed by atoms with Gasteiger partial charge in [-0.05, 0) is 50.7 Å². The number of ether oxygens (including phenoxy) is 1. The first-order valence-corrected chi connectivity index (χ1v) is 6.86. The van der Waals surface area contributed by atoms with Crippen LogP contribution in [0.25, 0.3) is 0 Å². The number of hydrogen-bond donors (Lipinski definition) is 1. The summed E-state index contributed by atoms with van der Waals surface area (Å²) in [6, 6.07) is 8.22. The second-order valence-electron chi connectivity index (χ2n) is 4.69. The molecule has 0 atom stereocenters. The third-order valence-electron chi connectivity index (χ3n) is 2.99. The number of unbranched alkanes of at least 4 members (excludes halogenated alkanes) is 1. The van der Waals surface area contributed by atoms with Crippen molar-refractivity contribution in [2.45, 2.75) is 26.2 Å². The van der Waals surface area contributed by atoms with E-state index in [-0.39, 0.29) is 0 Å². The normalized spacial score (nSPS) is 10.9. The van der Waals surface area contributed by atoms with Gasteiger partial charge in [-0.15, -0.1) is 0 Å². The molecule has 1 aromatic rings. The lowest BCUT2D eigenvalue weighted by molar-refractivity contribution is 0.235. The molecule has 0 aliphatic heterocycles. The maximum absolute atomic E-state index is 5.72. The Labute approximate surface area is 111 Å². The number of nitrogens with zero attached hydrogens (tertiary/aromatic N) is 1. The molecule has 0 aliphatic carbocycles. The summed E-state index contributed by atoms with van der Waals surface area (Å²) >= 11 is 0. The minimum atomic E-state index is 0.697. The fraction of sp³-hybridized carbons (Fsp3) is 0.600. The minimum Gasteiger partial charge on any atom is -0.492 e. The summed E-state index contributed by atoms with van der Waals surface area (Å²) in [5, 5.41) is 0. The van der Waals surface area contributed by atoms with Gasteiger partial charge in [-0.1, -0.05) is 25.5 Å². The van der Waals surface area contributed by atoms with E-state index in [2.05, 4.69) is 31.0 Å². The molecule has 3 heteroatoms. The molecule has 0 aromatic heterocycles. The van der Waals surface area contributed by atoms with Crippen LogP contribution < -0.4 is 10.5 Å². The second-order valence-corrected chi connectivity index (χ2v) is 4.69. The van der Waals surface area contributed by atoms with Gasteiger partial charge in [0.05, 0.1) is 0 Å². The van der Waals surface area contributed by atoms with Crippen molar-refractivity contribution in [2.24, 2.45) is 5.73 Å². The van der Waals surface area contributed by atoms with Crippen molar-refractivity contribution in [3.63, 3.8) is 0 Å². The van der Waals surface area contributed by atoms with E-state index in [1.807, 2.05) is 12.1 Å². The van der Waals surface area contributed by atoms with Gasteiger partial charge in [0, 0.05) is 6.54 Å². The maximum Gasteiger partial charge on any atom is 0.119 e. The smallest absolute Gasteiger partial charge is 0.119 e. The third kappa shape index (κ3) is 6.03. The highest BCUT2D eigenvalue weighted by molar-refractivity contribution is 5.27. The Bertz CT molecular complexity index is 311. The van der Waals surface area contributed by atoms with Gasteiger partial charge in [0.1, 0.15) is 12.4 Å². The van der Waals surface area contributed by atoms with Gasteiger partial charge in [-0.3, -0.25) is 0 Å². The van der Waals surface area contributed by atoms with Crippen LogP contribution in [-0.4, -0.2) is 38.2 Å². The molecule has 0 aliphatic rings. The second kappa shape index (κ2) is 8.95. The van der Waals surface area contributed by atoms with Gasteiger partial charge in [-0.2, -0.15) is 0 Å². The predicted octanol–water partition coefficient (Wildman–Crippen LogP) is 2.30. The summed E-state index contributed by atoms with van der Waals surface area (Å²) in [6.45, 7) is 5.78. The topological polar surface area (TPSA) is 38.5 Å². The molecule has 0 amide bonds. The van der Waals surface area contributed by atoms with E-state index in [4.69, 9.17) is 10.5 Å². The summed E-state index contributed by atoms with van der Waals surface area (Å²) < 4.78 is 5.72. The lowest BCUT2D eigenvalue weighted by atomic mass is 10.1. The molecule has 0 bridgehead atoms. The van der Waals surface area contributed by atoms with Crippen LogP contribution in [0.3, 0.4) is 0 Å². The average Bonchev–Trinajstić information content (AvgIpc) is 2.39. The zero-order valence-electron chi connectivity index (χ0n) is 11.7. The largest absolute Gasteiger partial charge is 0.492 e. The summed E-state index contributed by atoms with van der Waals surface area (Å²) in [7, 11) is 2.14. The van der Waals surface area contributed by atoms with Gasteiger partial charge in [0.25, 0.3) is 0 Å². The zero-order valence-corrected chi connectivity index (χ0v) is 11.7. The number of nitrogens with two attached hydrogens (primary N) is 1. The molecule has 3 nitrogen and oxygen atoms in total.